The first-order chi connectivity index (χ1) is 7.34. The number of aromatic nitrogens is 2. The second kappa shape index (κ2) is 5.28. The molecule has 0 amide bonds. The van der Waals surface area contributed by atoms with E-state index in [1.807, 2.05) is 12.3 Å². The van der Waals surface area contributed by atoms with Crippen LogP contribution in [0.5, 0.6) is 0 Å². The lowest BCUT2D eigenvalue weighted by atomic mass is 10.3. The van der Waals surface area contributed by atoms with Gasteiger partial charge in [-0.3, -0.25) is 4.68 Å². The minimum Gasteiger partial charge on any atom is -0.390 e. The Morgan fingerprint density at radius 2 is 2.40 bits per heavy atom. The highest BCUT2D eigenvalue weighted by Crippen LogP contribution is 2.31. The molecule has 1 atom stereocenters. The molecule has 4 nitrogen and oxygen atoms in total. The monoisotopic (exact) mass is 209 g/mol. The van der Waals surface area contributed by atoms with Crippen LogP contribution >= 0.6 is 0 Å². The quantitative estimate of drug-likeness (QED) is 0.648. The molecule has 0 aliphatic heterocycles. The Morgan fingerprint density at radius 3 is 3.07 bits per heavy atom. The van der Waals surface area contributed by atoms with E-state index in [-0.39, 0.29) is 6.10 Å². The van der Waals surface area contributed by atoms with Gasteiger partial charge in [0.15, 0.2) is 0 Å². The van der Waals surface area contributed by atoms with Crippen LogP contribution in [0, 0.1) is 5.92 Å². The SMILES string of the molecule is OC(CNCCC1CC1)Cn1cccn1. The minimum atomic E-state index is -0.343. The zero-order valence-electron chi connectivity index (χ0n) is 8.97. The molecule has 1 unspecified atom stereocenters. The molecule has 0 aromatic carbocycles. The van der Waals surface area contributed by atoms with Gasteiger partial charge in [0.25, 0.3) is 0 Å². The molecule has 1 heterocycles. The maximum atomic E-state index is 9.68. The summed E-state index contributed by atoms with van der Waals surface area (Å²) in [5.74, 6) is 0.959. The van der Waals surface area contributed by atoms with Crippen molar-refractivity contribution in [2.24, 2.45) is 5.92 Å². The number of aliphatic hydroxyl groups excluding tert-OH is 1. The Bertz CT molecular complexity index is 269. The van der Waals surface area contributed by atoms with Gasteiger partial charge in [0.1, 0.15) is 0 Å². The minimum absolute atomic E-state index is 0.343. The predicted octanol–water partition coefficient (Wildman–Crippen LogP) is 0.634. The van der Waals surface area contributed by atoms with Gasteiger partial charge < -0.3 is 10.4 Å². The number of hydrogen-bond donors (Lipinski definition) is 2. The first-order valence-corrected chi connectivity index (χ1v) is 5.71. The highest BCUT2D eigenvalue weighted by Gasteiger charge is 2.20. The third-order valence-corrected chi connectivity index (χ3v) is 2.76. The Balaban J connectivity index is 1.53. The molecule has 0 bridgehead atoms. The Kier molecular flexibility index (Phi) is 3.75. The summed E-state index contributed by atoms with van der Waals surface area (Å²) in [5.41, 5.74) is 0. The molecule has 1 fully saturated rings. The number of aliphatic hydroxyl groups is 1. The van der Waals surface area contributed by atoms with Gasteiger partial charge in [0.2, 0.25) is 0 Å². The molecule has 1 aliphatic rings. The van der Waals surface area contributed by atoms with Crippen molar-refractivity contribution in [1.82, 2.24) is 15.1 Å². The normalized spacial score (nSPS) is 17.9. The van der Waals surface area contributed by atoms with Crippen LogP contribution in [0.1, 0.15) is 19.3 Å². The molecule has 1 aromatic rings. The van der Waals surface area contributed by atoms with E-state index in [0.29, 0.717) is 13.1 Å². The van der Waals surface area contributed by atoms with E-state index in [1.54, 1.807) is 10.9 Å². The molecular weight excluding hydrogens is 190 g/mol. The molecular formula is C11H19N3O. The summed E-state index contributed by atoms with van der Waals surface area (Å²) < 4.78 is 1.76. The van der Waals surface area contributed by atoms with Gasteiger partial charge in [-0.05, 0) is 24.9 Å². The van der Waals surface area contributed by atoms with Gasteiger partial charge in [-0.2, -0.15) is 5.10 Å². The van der Waals surface area contributed by atoms with E-state index < -0.39 is 0 Å². The Labute approximate surface area is 90.3 Å². The van der Waals surface area contributed by atoms with Crippen molar-refractivity contribution in [1.29, 1.82) is 0 Å². The molecule has 1 aromatic heterocycles. The van der Waals surface area contributed by atoms with Gasteiger partial charge in [-0.15, -0.1) is 0 Å². The van der Waals surface area contributed by atoms with Crippen LogP contribution < -0.4 is 5.32 Å². The largest absolute Gasteiger partial charge is 0.390 e. The lowest BCUT2D eigenvalue weighted by Gasteiger charge is -2.11. The van der Waals surface area contributed by atoms with Crippen LogP contribution in [0.3, 0.4) is 0 Å². The van der Waals surface area contributed by atoms with Gasteiger partial charge in [-0.25, -0.2) is 0 Å². The van der Waals surface area contributed by atoms with Crippen molar-refractivity contribution in [2.75, 3.05) is 13.1 Å². The number of nitrogens with one attached hydrogen (secondary N) is 1. The van der Waals surface area contributed by atoms with Crippen LogP contribution in [-0.4, -0.2) is 34.1 Å². The van der Waals surface area contributed by atoms with Gasteiger partial charge in [-0.1, -0.05) is 12.8 Å². The second-order valence-electron chi connectivity index (χ2n) is 4.32. The third-order valence-electron chi connectivity index (χ3n) is 2.76. The molecule has 1 saturated carbocycles. The zero-order chi connectivity index (χ0) is 10.5. The summed E-state index contributed by atoms with van der Waals surface area (Å²) in [6.45, 7) is 2.26. The third kappa shape index (κ3) is 4.01. The lowest BCUT2D eigenvalue weighted by Crippen LogP contribution is -2.31. The first kappa shape index (κ1) is 10.6. The second-order valence-corrected chi connectivity index (χ2v) is 4.32. The fourth-order valence-corrected chi connectivity index (χ4v) is 1.67. The first-order valence-electron chi connectivity index (χ1n) is 5.71. The summed E-state index contributed by atoms with van der Waals surface area (Å²) in [4.78, 5) is 0. The summed E-state index contributed by atoms with van der Waals surface area (Å²) in [7, 11) is 0. The van der Waals surface area contributed by atoms with E-state index in [4.69, 9.17) is 0 Å². The summed E-state index contributed by atoms with van der Waals surface area (Å²) in [6, 6.07) is 1.87. The van der Waals surface area contributed by atoms with Gasteiger partial charge >= 0.3 is 0 Å². The van der Waals surface area contributed by atoms with E-state index in [1.165, 1.54) is 19.3 Å². The standard InChI is InChI=1S/C11H19N3O/c15-11(9-14-7-1-5-13-14)8-12-6-4-10-2-3-10/h1,5,7,10-12,15H,2-4,6,8-9H2. The van der Waals surface area contributed by atoms with Crippen LogP contribution in [0.4, 0.5) is 0 Å². The maximum Gasteiger partial charge on any atom is 0.0860 e. The van der Waals surface area contributed by atoms with Crippen LogP contribution in [0.2, 0.25) is 0 Å². The van der Waals surface area contributed by atoms with Crippen molar-refractivity contribution in [3.05, 3.63) is 18.5 Å². The molecule has 2 rings (SSSR count). The summed E-state index contributed by atoms with van der Waals surface area (Å²) in [6.07, 6.45) is 7.31. The maximum absolute atomic E-state index is 9.68. The number of hydrogen-bond acceptors (Lipinski definition) is 3. The van der Waals surface area contributed by atoms with Gasteiger partial charge in [0, 0.05) is 18.9 Å². The van der Waals surface area contributed by atoms with Crippen LogP contribution in [-0.2, 0) is 6.54 Å². The van der Waals surface area contributed by atoms with Crippen LogP contribution in [0.25, 0.3) is 0 Å². The average molecular weight is 209 g/mol. The molecule has 84 valence electrons. The van der Waals surface area contributed by atoms with E-state index >= 15 is 0 Å². The lowest BCUT2D eigenvalue weighted by molar-refractivity contribution is 0.147. The molecule has 2 N–H and O–H groups in total. The van der Waals surface area contributed by atoms with Crippen molar-refractivity contribution in [3.8, 4) is 0 Å². The summed E-state index contributed by atoms with van der Waals surface area (Å²) >= 11 is 0. The molecule has 1 aliphatic carbocycles. The Hall–Kier alpha value is -0.870. The molecule has 0 spiro atoms. The molecule has 15 heavy (non-hydrogen) atoms. The topological polar surface area (TPSA) is 50.1 Å². The van der Waals surface area contributed by atoms with Crippen molar-refractivity contribution in [3.63, 3.8) is 0 Å². The predicted molar refractivity (Wildman–Crippen MR) is 58.4 cm³/mol. The van der Waals surface area contributed by atoms with E-state index in [0.717, 1.165) is 12.5 Å². The molecule has 0 radical (unpaired) electrons. The van der Waals surface area contributed by atoms with E-state index in [9.17, 15) is 5.11 Å². The van der Waals surface area contributed by atoms with Gasteiger partial charge in [0.05, 0.1) is 12.6 Å². The fourth-order valence-electron chi connectivity index (χ4n) is 1.67. The van der Waals surface area contributed by atoms with Crippen molar-refractivity contribution >= 4 is 0 Å². The van der Waals surface area contributed by atoms with Crippen molar-refractivity contribution < 1.29 is 5.11 Å². The highest BCUT2D eigenvalue weighted by molar-refractivity contribution is 4.79. The molecule has 4 heteroatoms. The molecule has 0 saturated heterocycles. The number of nitrogens with zero attached hydrogens (tertiary/aromatic N) is 2. The zero-order valence-corrected chi connectivity index (χ0v) is 8.97. The van der Waals surface area contributed by atoms with Crippen LogP contribution in [0.15, 0.2) is 18.5 Å². The van der Waals surface area contributed by atoms with Crippen molar-refractivity contribution in [2.45, 2.75) is 31.9 Å². The van der Waals surface area contributed by atoms with E-state index in [2.05, 4.69) is 10.4 Å². The average Bonchev–Trinajstić information content (AvgIpc) is 2.91. The Morgan fingerprint density at radius 1 is 1.53 bits per heavy atom. The number of rotatable bonds is 7. The highest BCUT2D eigenvalue weighted by atomic mass is 16.3. The summed E-state index contributed by atoms with van der Waals surface area (Å²) in [5, 5.41) is 17.0. The smallest absolute Gasteiger partial charge is 0.0860 e. The fraction of sp³-hybridized carbons (Fsp3) is 0.727.